The van der Waals surface area contributed by atoms with E-state index in [1.165, 1.54) is 18.4 Å². The standard InChI is InChI=1S/C25H28F4N4O4/c1-2-18-16(11-37-33-18)23(35)32-22(21(14-4-5-14)15-6-7-15)24(36)31-19-8-3-13(9-17(19)26)10-20(34)30-12-25(27,28)29/h3,8-9,11,14-15,21-22H,2,4-7,10,12H2,1H3,(H,30,34)(H,31,36)(H,32,35). The fourth-order valence-corrected chi connectivity index (χ4v) is 4.57. The second kappa shape index (κ2) is 10.9. The molecule has 0 bridgehead atoms. The molecule has 2 aliphatic rings. The predicted molar refractivity (Wildman–Crippen MR) is 124 cm³/mol. The first-order valence-electron chi connectivity index (χ1n) is 12.2. The highest BCUT2D eigenvalue weighted by Gasteiger charge is 2.48. The molecule has 0 spiro atoms. The summed E-state index contributed by atoms with van der Waals surface area (Å²) in [5.74, 6) is -2.33. The molecule has 2 fully saturated rings. The van der Waals surface area contributed by atoms with Crippen molar-refractivity contribution in [2.24, 2.45) is 17.8 Å². The number of alkyl halides is 3. The molecule has 2 aromatic rings. The highest BCUT2D eigenvalue weighted by atomic mass is 19.4. The smallest absolute Gasteiger partial charge is 0.364 e. The fraction of sp³-hybridized carbons (Fsp3) is 0.520. The van der Waals surface area contributed by atoms with Gasteiger partial charge in [-0.05, 0) is 67.6 Å². The first kappa shape index (κ1) is 26.6. The minimum absolute atomic E-state index is 0.0893. The second-order valence-electron chi connectivity index (χ2n) is 9.60. The van der Waals surface area contributed by atoms with Gasteiger partial charge in [0.05, 0.1) is 17.8 Å². The van der Waals surface area contributed by atoms with E-state index in [2.05, 4.69) is 15.8 Å². The summed E-state index contributed by atoms with van der Waals surface area (Å²) in [5, 5.41) is 10.9. The van der Waals surface area contributed by atoms with Gasteiger partial charge in [0, 0.05) is 0 Å². The van der Waals surface area contributed by atoms with Crippen molar-refractivity contribution in [2.75, 3.05) is 11.9 Å². The van der Waals surface area contributed by atoms with Gasteiger partial charge in [-0.1, -0.05) is 18.1 Å². The lowest BCUT2D eigenvalue weighted by Gasteiger charge is -2.27. The third-order valence-corrected chi connectivity index (χ3v) is 6.65. The van der Waals surface area contributed by atoms with Crippen LogP contribution in [0.2, 0.25) is 0 Å². The van der Waals surface area contributed by atoms with E-state index in [4.69, 9.17) is 4.52 Å². The van der Waals surface area contributed by atoms with Crippen molar-refractivity contribution >= 4 is 23.4 Å². The highest BCUT2D eigenvalue weighted by Crippen LogP contribution is 2.51. The van der Waals surface area contributed by atoms with Gasteiger partial charge < -0.3 is 20.5 Å². The van der Waals surface area contributed by atoms with Gasteiger partial charge in [-0.2, -0.15) is 13.2 Å². The van der Waals surface area contributed by atoms with Gasteiger partial charge in [0.15, 0.2) is 0 Å². The molecule has 0 saturated heterocycles. The monoisotopic (exact) mass is 524 g/mol. The quantitative estimate of drug-likeness (QED) is 0.388. The maximum atomic E-state index is 14.8. The number of amides is 3. The maximum absolute atomic E-state index is 14.8. The number of carbonyl (C=O) groups excluding carboxylic acids is 3. The number of halogens is 4. The number of nitrogens with zero attached hydrogens (tertiary/aromatic N) is 1. The molecule has 0 radical (unpaired) electrons. The van der Waals surface area contributed by atoms with Crippen LogP contribution in [0.5, 0.6) is 0 Å². The van der Waals surface area contributed by atoms with Crippen LogP contribution >= 0.6 is 0 Å². The summed E-state index contributed by atoms with van der Waals surface area (Å²) < 4.78 is 56.5. The molecule has 0 aliphatic heterocycles. The lowest BCUT2D eigenvalue weighted by molar-refractivity contribution is -0.138. The number of benzene rings is 1. The fourth-order valence-electron chi connectivity index (χ4n) is 4.57. The van der Waals surface area contributed by atoms with Gasteiger partial charge in [0.2, 0.25) is 11.8 Å². The van der Waals surface area contributed by atoms with Crippen molar-refractivity contribution in [3.8, 4) is 0 Å². The largest absolute Gasteiger partial charge is 0.405 e. The maximum Gasteiger partial charge on any atom is 0.405 e. The van der Waals surface area contributed by atoms with E-state index >= 15 is 0 Å². The molecule has 8 nitrogen and oxygen atoms in total. The molecule has 37 heavy (non-hydrogen) atoms. The van der Waals surface area contributed by atoms with Crippen LogP contribution in [-0.4, -0.2) is 41.6 Å². The molecule has 1 aromatic carbocycles. The molecule has 3 amide bonds. The Morgan fingerprint density at radius 2 is 1.81 bits per heavy atom. The Morgan fingerprint density at radius 1 is 1.14 bits per heavy atom. The lowest BCUT2D eigenvalue weighted by atomic mass is 9.88. The summed E-state index contributed by atoms with van der Waals surface area (Å²) in [5.41, 5.74) is 0.693. The Morgan fingerprint density at radius 3 is 2.38 bits per heavy atom. The predicted octanol–water partition coefficient (Wildman–Crippen LogP) is 3.77. The van der Waals surface area contributed by atoms with Crippen molar-refractivity contribution in [2.45, 2.75) is 57.7 Å². The van der Waals surface area contributed by atoms with Crippen molar-refractivity contribution in [3.63, 3.8) is 0 Å². The van der Waals surface area contributed by atoms with Crippen molar-refractivity contribution in [1.82, 2.24) is 15.8 Å². The van der Waals surface area contributed by atoms with Crippen LogP contribution in [0.3, 0.4) is 0 Å². The van der Waals surface area contributed by atoms with E-state index in [0.717, 1.165) is 31.7 Å². The Labute approximate surface area is 210 Å². The van der Waals surface area contributed by atoms with Gasteiger partial charge in [0.25, 0.3) is 5.91 Å². The molecule has 3 N–H and O–H groups in total. The van der Waals surface area contributed by atoms with E-state index in [0.29, 0.717) is 24.0 Å². The number of rotatable bonds is 11. The lowest BCUT2D eigenvalue weighted by Crippen LogP contribution is -2.50. The molecule has 4 rings (SSSR count). The molecule has 2 saturated carbocycles. The Balaban J connectivity index is 1.46. The van der Waals surface area contributed by atoms with Gasteiger partial charge in [-0.25, -0.2) is 4.39 Å². The Kier molecular flexibility index (Phi) is 7.84. The molecular formula is C25H28F4N4O4. The van der Waals surface area contributed by atoms with Crippen LogP contribution in [0.15, 0.2) is 29.0 Å². The van der Waals surface area contributed by atoms with Gasteiger partial charge in [0.1, 0.15) is 30.2 Å². The van der Waals surface area contributed by atoms with Crippen molar-refractivity contribution in [1.29, 1.82) is 0 Å². The molecular weight excluding hydrogens is 496 g/mol. The summed E-state index contributed by atoms with van der Waals surface area (Å²) >= 11 is 0. The highest BCUT2D eigenvalue weighted by molar-refractivity contribution is 6.01. The summed E-state index contributed by atoms with van der Waals surface area (Å²) in [7, 11) is 0. The number of anilines is 1. The topological polar surface area (TPSA) is 113 Å². The molecule has 1 unspecified atom stereocenters. The molecule has 1 heterocycles. The first-order chi connectivity index (χ1) is 17.6. The molecule has 200 valence electrons. The number of hydrogen-bond acceptors (Lipinski definition) is 5. The number of hydrogen-bond donors (Lipinski definition) is 3. The molecule has 1 aromatic heterocycles. The van der Waals surface area contributed by atoms with Gasteiger partial charge >= 0.3 is 6.18 Å². The SMILES string of the molecule is CCc1nocc1C(=O)NC(C(=O)Nc1ccc(CC(=O)NCC(F)(F)F)cc1F)C(C1CC1)C1CC1. The zero-order valence-electron chi connectivity index (χ0n) is 20.2. The van der Waals surface area contributed by atoms with Crippen molar-refractivity contribution < 1.29 is 36.5 Å². The van der Waals surface area contributed by atoms with Crippen LogP contribution in [-0.2, 0) is 22.4 Å². The molecule has 12 heteroatoms. The first-order valence-corrected chi connectivity index (χ1v) is 12.2. The van der Waals surface area contributed by atoms with E-state index in [9.17, 15) is 31.9 Å². The summed E-state index contributed by atoms with van der Waals surface area (Å²) in [6.45, 7) is 0.343. The summed E-state index contributed by atoms with van der Waals surface area (Å²) in [6.07, 6.45) is 0.505. The molecule has 1 atom stereocenters. The minimum Gasteiger partial charge on any atom is -0.364 e. The molecule has 2 aliphatic carbocycles. The Bertz CT molecular complexity index is 1150. The van der Waals surface area contributed by atoms with Crippen molar-refractivity contribution in [3.05, 3.63) is 47.1 Å². The van der Waals surface area contributed by atoms with Crippen LogP contribution in [0, 0.1) is 23.6 Å². The Hall–Kier alpha value is -3.44. The second-order valence-corrected chi connectivity index (χ2v) is 9.60. The number of aryl methyl sites for hydroxylation is 1. The zero-order chi connectivity index (χ0) is 26.7. The van der Waals surface area contributed by atoms with E-state index in [1.54, 1.807) is 5.32 Å². The van der Waals surface area contributed by atoms with Crippen LogP contribution < -0.4 is 16.0 Å². The van der Waals surface area contributed by atoms with E-state index in [1.807, 2.05) is 6.92 Å². The number of carbonyl (C=O) groups is 3. The van der Waals surface area contributed by atoms with E-state index in [-0.39, 0.29) is 22.7 Å². The summed E-state index contributed by atoms with van der Waals surface area (Å²) in [4.78, 5) is 38.1. The average molecular weight is 525 g/mol. The third-order valence-electron chi connectivity index (χ3n) is 6.65. The third kappa shape index (κ3) is 7.07. The van der Waals surface area contributed by atoms with E-state index < -0.39 is 48.7 Å². The van der Waals surface area contributed by atoms with Gasteiger partial charge in [-0.15, -0.1) is 0 Å². The normalized spacial score (nSPS) is 16.4. The average Bonchev–Trinajstić information content (AvgIpc) is 3.78. The van der Waals surface area contributed by atoms with Gasteiger partial charge in [-0.3, -0.25) is 14.4 Å². The van der Waals surface area contributed by atoms with Crippen LogP contribution in [0.1, 0.15) is 54.2 Å². The van der Waals surface area contributed by atoms with Crippen LogP contribution in [0.4, 0.5) is 23.2 Å². The number of nitrogens with one attached hydrogen (secondary N) is 3. The van der Waals surface area contributed by atoms with Crippen LogP contribution in [0.25, 0.3) is 0 Å². The zero-order valence-corrected chi connectivity index (χ0v) is 20.2. The number of aromatic nitrogens is 1. The summed E-state index contributed by atoms with van der Waals surface area (Å²) in [6, 6.07) is 2.68. The minimum atomic E-state index is -4.55.